The maximum atomic E-state index is 5.39. The Morgan fingerprint density at radius 2 is 1.95 bits per heavy atom. The van der Waals surface area contributed by atoms with Gasteiger partial charge in [0.15, 0.2) is 11.5 Å². The molecule has 0 spiro atoms. The topological polar surface area (TPSA) is 52.1 Å². The maximum absolute atomic E-state index is 5.39. The summed E-state index contributed by atoms with van der Waals surface area (Å²) in [7, 11) is 4.96. The van der Waals surface area contributed by atoms with Crippen LogP contribution < -0.4 is 14.8 Å². The molecular weight excluding hydrogens is 300 g/mol. The predicted molar refractivity (Wildman–Crippen MR) is 91.7 cm³/mol. The number of aliphatic imine (C=N–C) groups is 1. The Morgan fingerprint density at radius 1 is 1.23 bits per heavy atom. The van der Waals surface area contributed by atoms with Crippen LogP contribution in [0.1, 0.15) is 17.5 Å². The number of hydrogen-bond donors (Lipinski definition) is 1. The minimum Gasteiger partial charge on any atom is -0.493 e. The zero-order chi connectivity index (χ0) is 15.9. The first kappa shape index (κ1) is 16.7. The van der Waals surface area contributed by atoms with Gasteiger partial charge in [-0.3, -0.25) is 4.99 Å². The summed E-state index contributed by atoms with van der Waals surface area (Å²) < 4.78 is 15.8. The normalized spacial score (nSPS) is 13.1. The Hall–Kier alpha value is -1.66. The van der Waals surface area contributed by atoms with Gasteiger partial charge in [0.05, 0.1) is 25.8 Å². The standard InChI is InChI=1S/C16H22N2O3S/c1-19-7-6-18-16(22)10-13-12-9-15(21-3)14(20-2)8-11(12)4-5-17-13/h8-9H,4-7,10H2,1-3H3,(H,18,22). The van der Waals surface area contributed by atoms with E-state index in [4.69, 9.17) is 26.4 Å². The molecule has 0 bridgehead atoms. The van der Waals surface area contributed by atoms with Gasteiger partial charge in [0, 0.05) is 37.9 Å². The van der Waals surface area contributed by atoms with Gasteiger partial charge in [0.25, 0.3) is 0 Å². The molecule has 0 aliphatic carbocycles. The van der Waals surface area contributed by atoms with Gasteiger partial charge in [-0.1, -0.05) is 12.2 Å². The molecule has 5 nitrogen and oxygen atoms in total. The van der Waals surface area contributed by atoms with Crippen LogP contribution in [0.15, 0.2) is 17.1 Å². The quantitative estimate of drug-likeness (QED) is 0.615. The summed E-state index contributed by atoms with van der Waals surface area (Å²) in [6.45, 7) is 2.12. The molecule has 1 aliphatic heterocycles. The van der Waals surface area contributed by atoms with Crippen molar-refractivity contribution in [3.8, 4) is 11.5 Å². The van der Waals surface area contributed by atoms with Crippen LogP contribution in [-0.2, 0) is 11.2 Å². The van der Waals surface area contributed by atoms with Crippen molar-refractivity contribution < 1.29 is 14.2 Å². The van der Waals surface area contributed by atoms with E-state index in [0.29, 0.717) is 25.3 Å². The summed E-state index contributed by atoms with van der Waals surface area (Å²) in [5.41, 5.74) is 3.32. The van der Waals surface area contributed by atoms with Gasteiger partial charge in [-0.25, -0.2) is 0 Å². The molecule has 0 aromatic heterocycles. The number of benzene rings is 1. The molecular formula is C16H22N2O3S. The van der Waals surface area contributed by atoms with E-state index >= 15 is 0 Å². The lowest BCUT2D eigenvalue weighted by Gasteiger charge is -2.20. The highest BCUT2D eigenvalue weighted by Crippen LogP contribution is 2.33. The molecule has 1 aromatic rings. The molecule has 120 valence electrons. The number of ether oxygens (including phenoxy) is 3. The number of fused-ring (bicyclic) bond motifs is 1. The van der Waals surface area contributed by atoms with Gasteiger partial charge in [-0.2, -0.15) is 0 Å². The van der Waals surface area contributed by atoms with Crippen LogP contribution in [0.4, 0.5) is 0 Å². The third kappa shape index (κ3) is 3.96. The molecule has 0 saturated carbocycles. The molecule has 1 heterocycles. The lowest BCUT2D eigenvalue weighted by Crippen LogP contribution is -2.28. The Bertz CT molecular complexity index is 573. The van der Waals surface area contributed by atoms with Crippen molar-refractivity contribution in [1.29, 1.82) is 0 Å². The van der Waals surface area contributed by atoms with E-state index in [2.05, 4.69) is 10.3 Å². The fourth-order valence-electron chi connectivity index (χ4n) is 2.45. The van der Waals surface area contributed by atoms with Gasteiger partial charge in [0.1, 0.15) is 0 Å². The van der Waals surface area contributed by atoms with Crippen molar-refractivity contribution >= 4 is 22.9 Å². The largest absolute Gasteiger partial charge is 0.493 e. The van der Waals surface area contributed by atoms with Gasteiger partial charge in [-0.05, 0) is 24.1 Å². The van der Waals surface area contributed by atoms with Crippen molar-refractivity contribution in [2.75, 3.05) is 41.0 Å². The summed E-state index contributed by atoms with van der Waals surface area (Å²) >= 11 is 5.38. The molecule has 0 unspecified atom stereocenters. The second-order valence-corrected chi connectivity index (χ2v) is 5.46. The maximum Gasteiger partial charge on any atom is 0.161 e. The van der Waals surface area contributed by atoms with Gasteiger partial charge >= 0.3 is 0 Å². The van der Waals surface area contributed by atoms with Gasteiger partial charge < -0.3 is 19.5 Å². The van der Waals surface area contributed by atoms with E-state index in [9.17, 15) is 0 Å². The molecule has 1 aliphatic rings. The van der Waals surface area contributed by atoms with Crippen LogP contribution in [0.5, 0.6) is 11.5 Å². The Balaban J connectivity index is 2.16. The lowest BCUT2D eigenvalue weighted by atomic mass is 9.95. The average Bonchev–Trinajstić information content (AvgIpc) is 2.54. The molecule has 22 heavy (non-hydrogen) atoms. The molecule has 6 heteroatoms. The molecule has 1 N–H and O–H groups in total. The monoisotopic (exact) mass is 322 g/mol. The van der Waals surface area contributed by atoms with Crippen LogP contribution in [0.3, 0.4) is 0 Å². The summed E-state index contributed by atoms with van der Waals surface area (Å²) in [6.07, 6.45) is 1.53. The first-order valence-corrected chi connectivity index (χ1v) is 7.64. The van der Waals surface area contributed by atoms with E-state index in [-0.39, 0.29) is 0 Å². The first-order valence-electron chi connectivity index (χ1n) is 7.23. The first-order chi connectivity index (χ1) is 10.7. The van der Waals surface area contributed by atoms with E-state index < -0.39 is 0 Å². The third-order valence-electron chi connectivity index (χ3n) is 3.56. The molecule has 0 amide bonds. The van der Waals surface area contributed by atoms with Crippen molar-refractivity contribution in [3.05, 3.63) is 23.3 Å². The van der Waals surface area contributed by atoms with Gasteiger partial charge in [-0.15, -0.1) is 0 Å². The van der Waals surface area contributed by atoms with Crippen molar-refractivity contribution in [2.24, 2.45) is 4.99 Å². The number of hydrogen-bond acceptors (Lipinski definition) is 5. The Kier molecular flexibility index (Phi) is 6.15. The van der Waals surface area contributed by atoms with Crippen molar-refractivity contribution in [1.82, 2.24) is 5.32 Å². The van der Waals surface area contributed by atoms with Crippen molar-refractivity contribution in [3.63, 3.8) is 0 Å². The molecule has 0 saturated heterocycles. The summed E-state index contributed by atoms with van der Waals surface area (Å²) in [5.74, 6) is 1.47. The highest BCUT2D eigenvalue weighted by molar-refractivity contribution is 7.80. The average molecular weight is 322 g/mol. The van der Waals surface area contributed by atoms with Gasteiger partial charge in [0.2, 0.25) is 0 Å². The molecule has 2 rings (SSSR count). The SMILES string of the molecule is COCCNC(=S)CC1=NCCc2cc(OC)c(OC)cc21. The number of nitrogens with one attached hydrogen (secondary N) is 1. The number of methoxy groups -OCH3 is 3. The number of rotatable bonds is 7. The van der Waals surface area contributed by atoms with E-state index in [1.54, 1.807) is 21.3 Å². The number of thiocarbonyl (C=S) groups is 1. The molecule has 0 fully saturated rings. The second-order valence-electron chi connectivity index (χ2n) is 4.96. The molecule has 1 aromatic carbocycles. The van der Waals surface area contributed by atoms with Crippen LogP contribution in [0.25, 0.3) is 0 Å². The fourth-order valence-corrected chi connectivity index (χ4v) is 2.69. The summed E-state index contributed by atoms with van der Waals surface area (Å²) in [6, 6.07) is 4.02. The highest BCUT2D eigenvalue weighted by Gasteiger charge is 2.19. The fraction of sp³-hybridized carbons (Fsp3) is 0.500. The summed E-state index contributed by atoms with van der Waals surface area (Å²) in [5, 5.41) is 3.18. The zero-order valence-corrected chi connectivity index (χ0v) is 14.1. The molecule has 0 atom stereocenters. The molecule has 0 radical (unpaired) electrons. The predicted octanol–water partition coefficient (Wildman–Crippen LogP) is 2.00. The Morgan fingerprint density at radius 3 is 2.64 bits per heavy atom. The highest BCUT2D eigenvalue weighted by atomic mass is 32.1. The van der Waals surface area contributed by atoms with Crippen molar-refractivity contribution in [2.45, 2.75) is 12.8 Å². The third-order valence-corrected chi connectivity index (χ3v) is 3.85. The van der Waals surface area contributed by atoms with Crippen LogP contribution >= 0.6 is 12.2 Å². The second kappa shape index (κ2) is 8.10. The van der Waals surface area contributed by atoms with Crippen LogP contribution in [0, 0.1) is 0 Å². The minimum absolute atomic E-state index is 0.627. The number of nitrogens with zero attached hydrogens (tertiary/aromatic N) is 1. The Labute approximate surface area is 136 Å². The van der Waals surface area contributed by atoms with E-state index in [1.807, 2.05) is 12.1 Å². The zero-order valence-electron chi connectivity index (χ0n) is 13.3. The van der Waals surface area contributed by atoms with Crippen LogP contribution in [0.2, 0.25) is 0 Å². The van der Waals surface area contributed by atoms with E-state index in [1.165, 1.54) is 5.56 Å². The van der Waals surface area contributed by atoms with E-state index in [0.717, 1.165) is 35.0 Å². The van der Waals surface area contributed by atoms with Crippen LogP contribution in [-0.4, -0.2) is 51.7 Å². The lowest BCUT2D eigenvalue weighted by molar-refractivity contribution is 0.204. The summed E-state index contributed by atoms with van der Waals surface area (Å²) in [4.78, 5) is 5.41. The minimum atomic E-state index is 0.627. The smallest absolute Gasteiger partial charge is 0.161 e.